The van der Waals surface area contributed by atoms with Gasteiger partial charge in [0.05, 0.1) is 0 Å². The number of rotatable bonds is 9. The van der Waals surface area contributed by atoms with Gasteiger partial charge in [-0.15, -0.1) is 0 Å². The van der Waals surface area contributed by atoms with Crippen LogP contribution < -0.4 is 5.73 Å². The third-order valence-electron chi connectivity index (χ3n) is 3.65. The predicted molar refractivity (Wildman–Crippen MR) is 73.3 cm³/mol. The number of carbonyl (C=O) groups excluding carboxylic acids is 1. The molecule has 4 heteroatoms. The highest BCUT2D eigenvalue weighted by Gasteiger charge is 2.22. The van der Waals surface area contributed by atoms with E-state index in [2.05, 4.69) is 11.8 Å². The summed E-state index contributed by atoms with van der Waals surface area (Å²) < 4.78 is 5.53. The molecule has 0 aromatic carbocycles. The zero-order valence-corrected chi connectivity index (χ0v) is 11.7. The summed E-state index contributed by atoms with van der Waals surface area (Å²) in [5.41, 5.74) is 5.32. The van der Waals surface area contributed by atoms with Crippen molar-refractivity contribution in [2.75, 3.05) is 32.8 Å². The molecule has 1 fully saturated rings. The van der Waals surface area contributed by atoms with E-state index < -0.39 is 0 Å². The molecule has 1 aliphatic heterocycles. The highest BCUT2D eigenvalue weighted by Crippen LogP contribution is 2.16. The van der Waals surface area contributed by atoms with Gasteiger partial charge in [0.25, 0.3) is 0 Å². The second kappa shape index (κ2) is 9.34. The maximum Gasteiger partial charge on any atom is 0.220 e. The van der Waals surface area contributed by atoms with Crippen LogP contribution in [0.25, 0.3) is 0 Å². The van der Waals surface area contributed by atoms with Crippen LogP contribution in [0.15, 0.2) is 0 Å². The number of nitrogens with two attached hydrogens (primary N) is 1. The molecule has 0 aromatic heterocycles. The highest BCUT2D eigenvalue weighted by atomic mass is 16.5. The Morgan fingerprint density at radius 1 is 1.22 bits per heavy atom. The normalized spacial score (nSPS) is 18.1. The summed E-state index contributed by atoms with van der Waals surface area (Å²) in [6.45, 7) is 7.13. The topological polar surface area (TPSA) is 55.6 Å². The van der Waals surface area contributed by atoms with Crippen molar-refractivity contribution in [2.45, 2.75) is 45.4 Å². The van der Waals surface area contributed by atoms with Crippen LogP contribution in [0.5, 0.6) is 0 Å². The van der Waals surface area contributed by atoms with Gasteiger partial charge in [-0.3, -0.25) is 4.79 Å². The SMILES string of the molecule is CCCCOCCCCN1CCC(C(N)=O)CC1. The number of ether oxygens (including phenoxy) is 1. The minimum Gasteiger partial charge on any atom is -0.381 e. The van der Waals surface area contributed by atoms with Crippen molar-refractivity contribution in [1.29, 1.82) is 0 Å². The summed E-state index contributed by atoms with van der Waals surface area (Å²) in [6.07, 6.45) is 6.56. The van der Waals surface area contributed by atoms with Crippen molar-refractivity contribution >= 4 is 5.91 Å². The fourth-order valence-corrected chi connectivity index (χ4v) is 2.33. The van der Waals surface area contributed by atoms with Gasteiger partial charge in [-0.25, -0.2) is 0 Å². The average Bonchev–Trinajstić information content (AvgIpc) is 2.38. The number of hydrogen-bond donors (Lipinski definition) is 1. The Balaban J connectivity index is 1.93. The molecule has 4 nitrogen and oxygen atoms in total. The van der Waals surface area contributed by atoms with Crippen molar-refractivity contribution in [3.63, 3.8) is 0 Å². The van der Waals surface area contributed by atoms with E-state index in [1.54, 1.807) is 0 Å². The average molecular weight is 256 g/mol. The Morgan fingerprint density at radius 2 is 1.89 bits per heavy atom. The molecule has 1 saturated heterocycles. The molecule has 0 bridgehead atoms. The summed E-state index contributed by atoms with van der Waals surface area (Å²) >= 11 is 0. The lowest BCUT2D eigenvalue weighted by atomic mass is 9.96. The van der Waals surface area contributed by atoms with E-state index in [1.807, 2.05) is 0 Å². The first-order valence-electron chi connectivity index (χ1n) is 7.33. The number of likely N-dealkylation sites (tertiary alicyclic amines) is 1. The fraction of sp³-hybridized carbons (Fsp3) is 0.929. The highest BCUT2D eigenvalue weighted by molar-refractivity contribution is 5.76. The van der Waals surface area contributed by atoms with Crippen LogP contribution >= 0.6 is 0 Å². The Morgan fingerprint density at radius 3 is 2.50 bits per heavy atom. The van der Waals surface area contributed by atoms with Gasteiger partial charge < -0.3 is 15.4 Å². The van der Waals surface area contributed by atoms with Crippen LogP contribution in [-0.2, 0) is 9.53 Å². The molecule has 0 atom stereocenters. The van der Waals surface area contributed by atoms with E-state index >= 15 is 0 Å². The number of nitrogens with zero attached hydrogens (tertiary/aromatic N) is 1. The van der Waals surface area contributed by atoms with Crippen LogP contribution in [0.1, 0.15) is 45.4 Å². The summed E-state index contributed by atoms with van der Waals surface area (Å²) in [5, 5.41) is 0. The third-order valence-corrected chi connectivity index (χ3v) is 3.65. The second-order valence-corrected chi connectivity index (χ2v) is 5.19. The van der Waals surface area contributed by atoms with Crippen LogP contribution in [0.3, 0.4) is 0 Å². The minimum atomic E-state index is -0.126. The Labute approximate surface area is 111 Å². The van der Waals surface area contributed by atoms with E-state index in [-0.39, 0.29) is 11.8 Å². The van der Waals surface area contributed by atoms with E-state index in [1.165, 1.54) is 19.3 Å². The van der Waals surface area contributed by atoms with E-state index in [0.29, 0.717) is 0 Å². The molecule has 1 heterocycles. The number of hydrogen-bond acceptors (Lipinski definition) is 3. The van der Waals surface area contributed by atoms with Crippen molar-refractivity contribution in [2.24, 2.45) is 11.7 Å². The molecule has 1 aliphatic rings. The molecule has 0 spiro atoms. The van der Waals surface area contributed by atoms with Crippen LogP contribution in [0.2, 0.25) is 0 Å². The molecule has 2 N–H and O–H groups in total. The monoisotopic (exact) mass is 256 g/mol. The summed E-state index contributed by atoms with van der Waals surface area (Å²) in [4.78, 5) is 13.5. The molecule has 0 saturated carbocycles. The van der Waals surface area contributed by atoms with Gasteiger partial charge in [0.15, 0.2) is 0 Å². The van der Waals surface area contributed by atoms with E-state index in [0.717, 1.165) is 52.1 Å². The number of primary amides is 1. The smallest absolute Gasteiger partial charge is 0.220 e. The minimum absolute atomic E-state index is 0.110. The molecule has 0 radical (unpaired) electrons. The zero-order valence-electron chi connectivity index (χ0n) is 11.7. The number of piperidine rings is 1. The standard InChI is InChI=1S/C14H28N2O2/c1-2-3-11-18-12-5-4-8-16-9-6-13(7-10-16)14(15)17/h13H,2-12H2,1H3,(H2,15,17). The fourth-order valence-electron chi connectivity index (χ4n) is 2.33. The molecule has 1 rings (SSSR count). The molecular formula is C14H28N2O2. The van der Waals surface area contributed by atoms with E-state index in [4.69, 9.17) is 10.5 Å². The zero-order chi connectivity index (χ0) is 13.2. The van der Waals surface area contributed by atoms with Crippen LogP contribution in [-0.4, -0.2) is 43.7 Å². The Bertz CT molecular complexity index is 226. The van der Waals surface area contributed by atoms with Gasteiger partial charge >= 0.3 is 0 Å². The first-order chi connectivity index (χ1) is 8.74. The molecular weight excluding hydrogens is 228 g/mol. The van der Waals surface area contributed by atoms with Crippen LogP contribution in [0, 0.1) is 5.92 Å². The molecule has 1 amide bonds. The Hall–Kier alpha value is -0.610. The maximum atomic E-state index is 11.0. The quantitative estimate of drug-likeness (QED) is 0.640. The van der Waals surface area contributed by atoms with Crippen molar-refractivity contribution < 1.29 is 9.53 Å². The number of carbonyl (C=O) groups is 1. The summed E-state index contributed by atoms with van der Waals surface area (Å²) in [5.74, 6) is -0.0161. The molecule has 0 aliphatic carbocycles. The van der Waals surface area contributed by atoms with Gasteiger partial charge in [0.1, 0.15) is 0 Å². The van der Waals surface area contributed by atoms with Gasteiger partial charge in [-0.2, -0.15) is 0 Å². The lowest BCUT2D eigenvalue weighted by Gasteiger charge is -2.30. The maximum absolute atomic E-state index is 11.0. The van der Waals surface area contributed by atoms with Gasteiger partial charge in [-0.05, 0) is 51.7 Å². The predicted octanol–water partition coefficient (Wildman–Crippen LogP) is 1.78. The lowest BCUT2D eigenvalue weighted by Crippen LogP contribution is -2.38. The first kappa shape index (κ1) is 15.4. The first-order valence-corrected chi connectivity index (χ1v) is 7.33. The summed E-state index contributed by atoms with van der Waals surface area (Å²) in [7, 11) is 0. The molecule has 106 valence electrons. The molecule has 18 heavy (non-hydrogen) atoms. The summed E-state index contributed by atoms with van der Waals surface area (Å²) in [6, 6.07) is 0. The van der Waals surface area contributed by atoms with Gasteiger partial charge in [0, 0.05) is 19.1 Å². The van der Waals surface area contributed by atoms with Crippen molar-refractivity contribution in [3.05, 3.63) is 0 Å². The van der Waals surface area contributed by atoms with E-state index in [9.17, 15) is 4.79 Å². The van der Waals surface area contributed by atoms with Gasteiger partial charge in [-0.1, -0.05) is 13.3 Å². The third kappa shape index (κ3) is 6.36. The number of unbranched alkanes of at least 4 members (excludes halogenated alkanes) is 2. The second-order valence-electron chi connectivity index (χ2n) is 5.19. The van der Waals surface area contributed by atoms with Crippen molar-refractivity contribution in [1.82, 2.24) is 4.90 Å². The lowest BCUT2D eigenvalue weighted by molar-refractivity contribution is -0.123. The number of amides is 1. The molecule has 0 unspecified atom stereocenters. The Kier molecular flexibility index (Phi) is 8.01. The van der Waals surface area contributed by atoms with Crippen molar-refractivity contribution in [3.8, 4) is 0 Å². The largest absolute Gasteiger partial charge is 0.381 e. The van der Waals surface area contributed by atoms with Gasteiger partial charge in [0.2, 0.25) is 5.91 Å². The van der Waals surface area contributed by atoms with Crippen LogP contribution in [0.4, 0.5) is 0 Å². The molecule has 0 aromatic rings.